The zero-order valence-electron chi connectivity index (χ0n) is 11.3. The third-order valence-corrected chi connectivity index (χ3v) is 2.86. The minimum atomic E-state index is -1.81. The summed E-state index contributed by atoms with van der Waals surface area (Å²) < 4.78 is 8.96. The molecule has 0 aromatic carbocycles. The van der Waals surface area contributed by atoms with E-state index in [0.29, 0.717) is 0 Å². The van der Waals surface area contributed by atoms with Gasteiger partial charge in [-0.3, -0.25) is 4.79 Å². The summed E-state index contributed by atoms with van der Waals surface area (Å²) in [5.41, 5.74) is 0. The van der Waals surface area contributed by atoms with E-state index in [0.717, 1.165) is 0 Å². The van der Waals surface area contributed by atoms with Crippen molar-refractivity contribution >= 4 is 26.2 Å². The Morgan fingerprint density at radius 1 is 1.11 bits per heavy atom. The number of hydrogen-bond donors (Lipinski definition) is 2. The molecule has 0 unspecified atom stereocenters. The Kier molecular flexibility index (Phi) is 6.38. The van der Waals surface area contributed by atoms with Crippen molar-refractivity contribution in [2.45, 2.75) is 32.1 Å². The maximum atomic E-state index is 11.6. The van der Waals surface area contributed by atoms with Crippen LogP contribution in [0.4, 0.5) is 4.79 Å². The fourth-order valence-corrected chi connectivity index (χ4v) is 1.87. The van der Waals surface area contributed by atoms with Gasteiger partial charge in [0.25, 0.3) is 0 Å². The average molecular weight is 276 g/mol. The number of nitrogens with one attached hydrogen (secondary N) is 2. The molecule has 0 radical (unpaired) electrons. The summed E-state index contributed by atoms with van der Waals surface area (Å²) in [5, 5.41) is 2.40. The van der Waals surface area contributed by atoms with Crippen LogP contribution < -0.4 is 10.3 Å². The van der Waals surface area contributed by atoms with Crippen LogP contribution in [0.25, 0.3) is 0 Å². The van der Waals surface area contributed by atoms with Crippen LogP contribution in [0, 0.1) is 0 Å². The number of amides is 2. The fraction of sp³-hybridized carbons (Fsp3) is 0.700. The number of urea groups is 1. The highest BCUT2D eigenvalue weighted by Crippen LogP contribution is 1.99. The highest BCUT2D eigenvalue weighted by Gasteiger charge is 2.26. The van der Waals surface area contributed by atoms with Crippen molar-refractivity contribution in [1.29, 1.82) is 0 Å². The van der Waals surface area contributed by atoms with E-state index in [2.05, 4.69) is 19.8 Å². The van der Waals surface area contributed by atoms with Crippen LogP contribution in [0.2, 0.25) is 19.6 Å². The van der Waals surface area contributed by atoms with Crippen LogP contribution in [0.5, 0.6) is 0 Å². The number of esters is 2. The first kappa shape index (κ1) is 16.4. The quantitative estimate of drug-likeness (QED) is 0.553. The first-order valence-corrected chi connectivity index (χ1v) is 8.93. The van der Waals surface area contributed by atoms with Gasteiger partial charge in [0, 0.05) is 0 Å². The van der Waals surface area contributed by atoms with Crippen LogP contribution in [0.1, 0.15) is 6.42 Å². The molecular formula is C10H20N2O5Si. The molecule has 0 aliphatic heterocycles. The Labute approximate surface area is 107 Å². The predicted molar refractivity (Wildman–Crippen MR) is 67.5 cm³/mol. The van der Waals surface area contributed by atoms with Crippen molar-refractivity contribution in [3.05, 3.63) is 0 Å². The molecule has 18 heavy (non-hydrogen) atoms. The molecule has 0 aromatic rings. The van der Waals surface area contributed by atoms with E-state index in [1.54, 1.807) is 0 Å². The molecule has 0 aliphatic carbocycles. The van der Waals surface area contributed by atoms with E-state index in [4.69, 9.17) is 0 Å². The first-order chi connectivity index (χ1) is 8.19. The van der Waals surface area contributed by atoms with E-state index >= 15 is 0 Å². The number of carbonyl (C=O) groups is 3. The maximum Gasteiger partial charge on any atom is 0.329 e. The van der Waals surface area contributed by atoms with Crippen molar-refractivity contribution in [1.82, 2.24) is 10.3 Å². The van der Waals surface area contributed by atoms with Crippen molar-refractivity contribution in [2.24, 2.45) is 0 Å². The second-order valence-electron chi connectivity index (χ2n) is 4.70. The molecule has 0 spiro atoms. The Hall–Kier alpha value is -1.57. The summed E-state index contributed by atoms with van der Waals surface area (Å²) in [6.07, 6.45) is -0.262. The zero-order chi connectivity index (χ0) is 14.3. The standard InChI is InChI=1S/C10H20N2O5Si/c1-16-8(13)6-7(9(14)17-2)11-10(15)12-18(3,4)5/h7H,6H2,1-5H3,(H2,11,12,15)/t7-/m0/s1. The lowest BCUT2D eigenvalue weighted by molar-refractivity contribution is -0.149. The van der Waals surface area contributed by atoms with Gasteiger partial charge in [0.05, 0.1) is 20.6 Å². The highest BCUT2D eigenvalue weighted by molar-refractivity contribution is 6.75. The van der Waals surface area contributed by atoms with Crippen LogP contribution in [0.15, 0.2) is 0 Å². The topological polar surface area (TPSA) is 93.7 Å². The van der Waals surface area contributed by atoms with Gasteiger partial charge in [-0.15, -0.1) is 0 Å². The number of rotatable bonds is 5. The van der Waals surface area contributed by atoms with Crippen LogP contribution in [-0.2, 0) is 19.1 Å². The molecule has 0 saturated heterocycles. The fourth-order valence-electron chi connectivity index (χ4n) is 1.12. The summed E-state index contributed by atoms with van der Waals surface area (Å²) in [6.45, 7) is 5.79. The molecule has 0 rings (SSSR count). The van der Waals surface area contributed by atoms with E-state index in [1.165, 1.54) is 14.2 Å². The third-order valence-electron chi connectivity index (χ3n) is 1.88. The first-order valence-electron chi connectivity index (χ1n) is 5.43. The van der Waals surface area contributed by atoms with Crippen LogP contribution >= 0.6 is 0 Å². The molecule has 8 heteroatoms. The molecule has 2 amide bonds. The molecule has 0 bridgehead atoms. The molecule has 2 N–H and O–H groups in total. The normalized spacial score (nSPS) is 12.3. The van der Waals surface area contributed by atoms with Gasteiger partial charge in [-0.05, 0) is 0 Å². The molecule has 0 saturated carbocycles. The molecule has 1 atom stereocenters. The minimum absolute atomic E-state index is 0.262. The smallest absolute Gasteiger partial charge is 0.329 e. The van der Waals surface area contributed by atoms with Gasteiger partial charge in [-0.2, -0.15) is 0 Å². The number of methoxy groups -OCH3 is 2. The van der Waals surface area contributed by atoms with Gasteiger partial charge in [0.1, 0.15) is 14.3 Å². The van der Waals surface area contributed by atoms with E-state index in [9.17, 15) is 14.4 Å². The highest BCUT2D eigenvalue weighted by atomic mass is 28.3. The number of ether oxygens (including phenoxy) is 2. The maximum absolute atomic E-state index is 11.6. The van der Waals surface area contributed by atoms with Crippen molar-refractivity contribution < 1.29 is 23.9 Å². The van der Waals surface area contributed by atoms with Gasteiger partial charge in [-0.1, -0.05) is 19.6 Å². The Bertz CT molecular complexity index is 327. The molecule has 104 valence electrons. The van der Waals surface area contributed by atoms with Gasteiger partial charge in [-0.25, -0.2) is 9.59 Å². The van der Waals surface area contributed by atoms with Gasteiger partial charge in [0.2, 0.25) is 0 Å². The Balaban J connectivity index is 4.55. The second-order valence-corrected chi connectivity index (χ2v) is 9.45. The van der Waals surface area contributed by atoms with Gasteiger partial charge < -0.3 is 19.8 Å². The monoisotopic (exact) mass is 276 g/mol. The number of carbonyl (C=O) groups excluding carboxylic acids is 3. The molecule has 0 aliphatic rings. The molecule has 0 fully saturated rings. The zero-order valence-corrected chi connectivity index (χ0v) is 12.3. The van der Waals surface area contributed by atoms with Crippen LogP contribution in [-0.4, -0.2) is 46.5 Å². The Morgan fingerprint density at radius 3 is 2.06 bits per heavy atom. The van der Waals surface area contributed by atoms with Crippen molar-refractivity contribution in [3.8, 4) is 0 Å². The summed E-state index contributed by atoms with van der Waals surface area (Å²) in [7, 11) is 0.582. The average Bonchev–Trinajstić information content (AvgIpc) is 2.24. The van der Waals surface area contributed by atoms with Crippen LogP contribution in [0.3, 0.4) is 0 Å². The predicted octanol–water partition coefficient (Wildman–Crippen LogP) is 0.225. The largest absolute Gasteiger partial charge is 0.469 e. The van der Waals surface area contributed by atoms with E-state index in [-0.39, 0.29) is 6.42 Å². The summed E-state index contributed by atoms with van der Waals surface area (Å²) in [5.74, 6) is -1.29. The lowest BCUT2D eigenvalue weighted by Crippen LogP contribution is -2.54. The molecule has 0 heterocycles. The van der Waals surface area contributed by atoms with Crippen molar-refractivity contribution in [2.75, 3.05) is 14.2 Å². The minimum Gasteiger partial charge on any atom is -0.469 e. The molecule has 0 aromatic heterocycles. The summed E-state index contributed by atoms with van der Waals surface area (Å²) in [6, 6.07) is -1.53. The SMILES string of the molecule is COC(=O)C[C@H](NC(=O)N[Si](C)(C)C)C(=O)OC. The molecular weight excluding hydrogens is 256 g/mol. The van der Waals surface area contributed by atoms with E-state index < -0.39 is 32.2 Å². The second kappa shape index (κ2) is 6.99. The lowest BCUT2D eigenvalue weighted by Gasteiger charge is -2.21. The molecule has 7 nitrogen and oxygen atoms in total. The number of hydrogen-bond acceptors (Lipinski definition) is 5. The Morgan fingerprint density at radius 2 is 1.67 bits per heavy atom. The summed E-state index contributed by atoms with van der Waals surface area (Å²) >= 11 is 0. The lowest BCUT2D eigenvalue weighted by atomic mass is 10.2. The van der Waals surface area contributed by atoms with Crippen molar-refractivity contribution in [3.63, 3.8) is 0 Å². The third kappa shape index (κ3) is 6.89. The van der Waals surface area contributed by atoms with Gasteiger partial charge in [0.15, 0.2) is 0 Å². The van der Waals surface area contributed by atoms with E-state index in [1.807, 2.05) is 19.6 Å². The van der Waals surface area contributed by atoms with Gasteiger partial charge >= 0.3 is 18.0 Å². The summed E-state index contributed by atoms with van der Waals surface area (Å²) in [4.78, 5) is 36.9.